The summed E-state index contributed by atoms with van der Waals surface area (Å²) in [5.41, 5.74) is 2.51. The minimum Gasteiger partial charge on any atom is -0.507 e. The highest BCUT2D eigenvalue weighted by Crippen LogP contribution is 2.40. The Balaban J connectivity index is 3.37. The first-order chi connectivity index (χ1) is 9.91. The van der Waals surface area contributed by atoms with Crippen molar-refractivity contribution in [2.45, 2.75) is 54.4 Å². The topological polar surface area (TPSA) is 40.5 Å². The first kappa shape index (κ1) is 18.3. The first-order valence-corrected chi connectivity index (χ1v) is 7.80. The van der Waals surface area contributed by atoms with E-state index in [9.17, 15) is 10.2 Å². The highest BCUT2D eigenvalue weighted by molar-refractivity contribution is 5.53. The standard InChI is InChI=1S/C20H30O2/c1-9-15(19(3,4)5)17(21)13(2)14-11-10-12-16(18(14)22)20(6,7)8/h9,12,21-22H,1-2,10-11H2,3-8H3/b17-15-. The third-order valence-corrected chi connectivity index (χ3v) is 4.01. The van der Waals surface area contributed by atoms with Gasteiger partial charge in [-0.15, -0.1) is 0 Å². The van der Waals surface area contributed by atoms with Crippen molar-refractivity contribution in [2.75, 3.05) is 0 Å². The quantitative estimate of drug-likeness (QED) is 0.484. The summed E-state index contributed by atoms with van der Waals surface area (Å²) in [4.78, 5) is 0. The monoisotopic (exact) mass is 302 g/mol. The van der Waals surface area contributed by atoms with E-state index in [1.165, 1.54) is 0 Å². The summed E-state index contributed by atoms with van der Waals surface area (Å²) in [6.45, 7) is 20.1. The Hall–Kier alpha value is -1.70. The molecule has 0 aromatic heterocycles. The van der Waals surface area contributed by atoms with Crippen molar-refractivity contribution in [3.63, 3.8) is 0 Å². The maximum Gasteiger partial charge on any atom is 0.126 e. The Kier molecular flexibility index (Phi) is 5.17. The van der Waals surface area contributed by atoms with E-state index in [0.29, 0.717) is 12.0 Å². The maximum atomic E-state index is 10.6. The number of hydrogen-bond donors (Lipinski definition) is 2. The fourth-order valence-corrected chi connectivity index (χ4v) is 2.76. The van der Waals surface area contributed by atoms with Gasteiger partial charge in [0.2, 0.25) is 0 Å². The van der Waals surface area contributed by atoms with E-state index < -0.39 is 0 Å². The van der Waals surface area contributed by atoms with Gasteiger partial charge in [0.15, 0.2) is 0 Å². The van der Waals surface area contributed by atoms with Crippen LogP contribution in [0.3, 0.4) is 0 Å². The zero-order valence-corrected chi connectivity index (χ0v) is 14.9. The van der Waals surface area contributed by atoms with Crippen molar-refractivity contribution in [1.29, 1.82) is 0 Å². The highest BCUT2D eigenvalue weighted by atomic mass is 16.3. The molecule has 0 spiro atoms. The van der Waals surface area contributed by atoms with Gasteiger partial charge in [0.25, 0.3) is 0 Å². The molecule has 1 aliphatic rings. The Morgan fingerprint density at radius 2 is 1.73 bits per heavy atom. The first-order valence-electron chi connectivity index (χ1n) is 7.80. The fourth-order valence-electron chi connectivity index (χ4n) is 2.76. The lowest BCUT2D eigenvalue weighted by molar-refractivity contribution is 0.360. The molecule has 0 fully saturated rings. The number of aliphatic hydroxyl groups is 2. The van der Waals surface area contributed by atoms with E-state index in [4.69, 9.17) is 0 Å². The summed E-state index contributed by atoms with van der Waals surface area (Å²) in [6, 6.07) is 0. The zero-order valence-electron chi connectivity index (χ0n) is 14.9. The van der Waals surface area contributed by atoms with Gasteiger partial charge in [0.1, 0.15) is 11.5 Å². The van der Waals surface area contributed by atoms with E-state index in [2.05, 4.69) is 40.0 Å². The molecule has 1 rings (SSSR count). The molecule has 0 radical (unpaired) electrons. The predicted molar refractivity (Wildman–Crippen MR) is 94.9 cm³/mol. The van der Waals surface area contributed by atoms with Crippen LogP contribution in [0.4, 0.5) is 0 Å². The van der Waals surface area contributed by atoms with Crippen molar-refractivity contribution in [1.82, 2.24) is 0 Å². The number of allylic oxidation sites excluding steroid dienone is 5. The average molecular weight is 302 g/mol. The van der Waals surface area contributed by atoms with Crippen LogP contribution in [0, 0.1) is 10.8 Å². The molecule has 0 saturated heterocycles. The molecular formula is C20H30O2. The summed E-state index contributed by atoms with van der Waals surface area (Å²) < 4.78 is 0. The summed E-state index contributed by atoms with van der Waals surface area (Å²) in [5, 5.41) is 21.2. The van der Waals surface area contributed by atoms with Crippen molar-refractivity contribution in [2.24, 2.45) is 10.8 Å². The number of aliphatic hydroxyl groups excluding tert-OH is 2. The van der Waals surface area contributed by atoms with Gasteiger partial charge >= 0.3 is 0 Å². The SMILES string of the molecule is C=C/C(=C(/O)C(=C)C1=C(O)C(C(C)(C)C)=CCC1)C(C)(C)C. The van der Waals surface area contributed by atoms with E-state index >= 15 is 0 Å². The summed E-state index contributed by atoms with van der Waals surface area (Å²) in [5.74, 6) is 0.381. The molecule has 0 heterocycles. The number of rotatable bonds is 3. The van der Waals surface area contributed by atoms with Gasteiger partial charge in [-0.1, -0.05) is 66.9 Å². The zero-order chi connectivity index (χ0) is 17.3. The Morgan fingerprint density at radius 3 is 2.14 bits per heavy atom. The summed E-state index contributed by atoms with van der Waals surface area (Å²) >= 11 is 0. The van der Waals surface area contributed by atoms with Crippen LogP contribution in [0.5, 0.6) is 0 Å². The van der Waals surface area contributed by atoms with Crippen LogP contribution in [0.1, 0.15) is 54.4 Å². The average Bonchev–Trinajstić information content (AvgIpc) is 2.35. The van der Waals surface area contributed by atoms with Gasteiger partial charge in [0, 0.05) is 11.1 Å². The second kappa shape index (κ2) is 6.20. The maximum absolute atomic E-state index is 10.6. The van der Waals surface area contributed by atoms with Crippen LogP contribution < -0.4 is 0 Å². The second-order valence-electron chi connectivity index (χ2n) is 7.93. The molecule has 0 bridgehead atoms. The molecule has 2 nitrogen and oxygen atoms in total. The van der Waals surface area contributed by atoms with Crippen LogP contribution in [-0.4, -0.2) is 10.2 Å². The van der Waals surface area contributed by atoms with E-state index in [-0.39, 0.29) is 22.3 Å². The van der Waals surface area contributed by atoms with Gasteiger partial charge in [-0.05, 0) is 34.8 Å². The van der Waals surface area contributed by atoms with E-state index in [1.54, 1.807) is 6.08 Å². The van der Waals surface area contributed by atoms with Crippen molar-refractivity contribution in [3.8, 4) is 0 Å². The summed E-state index contributed by atoms with van der Waals surface area (Å²) in [7, 11) is 0. The van der Waals surface area contributed by atoms with Crippen molar-refractivity contribution >= 4 is 0 Å². The minimum absolute atomic E-state index is 0.124. The largest absolute Gasteiger partial charge is 0.507 e. The normalized spacial score (nSPS) is 17.8. The van der Waals surface area contributed by atoms with E-state index in [0.717, 1.165) is 23.1 Å². The van der Waals surface area contributed by atoms with Crippen molar-refractivity contribution in [3.05, 3.63) is 59.1 Å². The Labute approximate surface area is 135 Å². The molecule has 0 aliphatic heterocycles. The van der Waals surface area contributed by atoms with Crippen LogP contribution >= 0.6 is 0 Å². The highest BCUT2D eigenvalue weighted by Gasteiger charge is 2.28. The molecule has 122 valence electrons. The van der Waals surface area contributed by atoms with Crippen LogP contribution in [0.15, 0.2) is 59.1 Å². The lowest BCUT2D eigenvalue weighted by atomic mass is 9.78. The molecule has 1 aliphatic carbocycles. The molecule has 0 saturated carbocycles. The van der Waals surface area contributed by atoms with Gasteiger partial charge in [-0.25, -0.2) is 0 Å². The number of hydrogen-bond acceptors (Lipinski definition) is 2. The molecule has 22 heavy (non-hydrogen) atoms. The van der Waals surface area contributed by atoms with E-state index in [1.807, 2.05) is 20.8 Å². The molecule has 2 N–H and O–H groups in total. The Morgan fingerprint density at radius 1 is 1.18 bits per heavy atom. The second-order valence-corrected chi connectivity index (χ2v) is 7.93. The molecule has 0 aromatic rings. The van der Waals surface area contributed by atoms with Gasteiger partial charge in [-0.2, -0.15) is 0 Å². The third kappa shape index (κ3) is 3.73. The Bertz CT molecular complexity index is 570. The minimum atomic E-state index is -0.234. The summed E-state index contributed by atoms with van der Waals surface area (Å²) in [6.07, 6.45) is 5.27. The molecule has 0 aromatic carbocycles. The predicted octanol–water partition coefficient (Wildman–Crippen LogP) is 6.17. The lowest BCUT2D eigenvalue weighted by Gasteiger charge is -2.29. The smallest absolute Gasteiger partial charge is 0.126 e. The van der Waals surface area contributed by atoms with Gasteiger partial charge < -0.3 is 10.2 Å². The van der Waals surface area contributed by atoms with Crippen molar-refractivity contribution < 1.29 is 10.2 Å². The van der Waals surface area contributed by atoms with Gasteiger partial charge in [-0.3, -0.25) is 0 Å². The third-order valence-electron chi connectivity index (χ3n) is 4.01. The lowest BCUT2D eigenvalue weighted by Crippen LogP contribution is -2.17. The van der Waals surface area contributed by atoms with Crippen LogP contribution in [0.2, 0.25) is 0 Å². The molecule has 2 heteroatoms. The molecular weight excluding hydrogens is 272 g/mol. The van der Waals surface area contributed by atoms with Crippen LogP contribution in [-0.2, 0) is 0 Å². The fraction of sp³-hybridized carbons (Fsp3) is 0.500. The molecule has 0 amide bonds. The van der Waals surface area contributed by atoms with Crippen LogP contribution in [0.25, 0.3) is 0 Å². The molecule has 0 atom stereocenters. The van der Waals surface area contributed by atoms with Gasteiger partial charge in [0.05, 0.1) is 0 Å². The molecule has 0 unspecified atom stereocenters.